The highest BCUT2D eigenvalue weighted by atomic mass is 32.2. The molecule has 26 heavy (non-hydrogen) atoms. The Labute approximate surface area is 154 Å². The maximum atomic E-state index is 12.4. The van der Waals surface area contributed by atoms with Crippen LogP contribution in [0.2, 0.25) is 0 Å². The lowest BCUT2D eigenvalue weighted by molar-refractivity contribution is -0.122. The van der Waals surface area contributed by atoms with E-state index in [1.165, 1.54) is 0 Å². The fourth-order valence-corrected chi connectivity index (χ4v) is 5.94. The zero-order chi connectivity index (χ0) is 18.1. The molecule has 2 aliphatic rings. The third-order valence-corrected chi connectivity index (χ3v) is 7.36. The fourth-order valence-electron chi connectivity index (χ4n) is 4.18. The maximum absolute atomic E-state index is 12.4. The zero-order valence-corrected chi connectivity index (χ0v) is 15.6. The van der Waals surface area contributed by atoms with Crippen LogP contribution in [0.15, 0.2) is 36.5 Å². The Bertz CT molecular complexity index is 898. The van der Waals surface area contributed by atoms with Crippen LogP contribution in [0.1, 0.15) is 19.3 Å². The summed E-state index contributed by atoms with van der Waals surface area (Å²) in [4.78, 5) is 14.7. The SMILES string of the molecule is O=C(Cn1ccc2ccccc21)NC1CCN([C@H]2CCS(=O)(=O)C2)CC1. The van der Waals surface area contributed by atoms with Crippen molar-refractivity contribution in [2.75, 3.05) is 24.6 Å². The molecule has 1 atom stereocenters. The summed E-state index contributed by atoms with van der Waals surface area (Å²) in [5.74, 6) is 0.650. The highest BCUT2D eigenvalue weighted by molar-refractivity contribution is 7.91. The lowest BCUT2D eigenvalue weighted by atomic mass is 10.0. The number of likely N-dealkylation sites (tertiary alicyclic amines) is 1. The van der Waals surface area contributed by atoms with Crippen molar-refractivity contribution in [2.24, 2.45) is 0 Å². The highest BCUT2D eigenvalue weighted by Crippen LogP contribution is 2.22. The standard InChI is InChI=1S/C19H25N3O3S/c23-19(13-22-9-5-15-3-1-2-4-18(15)22)20-16-6-10-21(11-7-16)17-8-12-26(24,25)14-17/h1-5,9,16-17H,6-8,10-14H2,(H,20,23)/t17-/m0/s1. The number of fused-ring (bicyclic) bond motifs is 1. The van der Waals surface area contributed by atoms with Crippen molar-refractivity contribution >= 4 is 26.6 Å². The van der Waals surface area contributed by atoms with E-state index >= 15 is 0 Å². The van der Waals surface area contributed by atoms with Crippen molar-refractivity contribution < 1.29 is 13.2 Å². The minimum Gasteiger partial charge on any atom is -0.352 e. The third kappa shape index (κ3) is 3.78. The summed E-state index contributed by atoms with van der Waals surface area (Å²) in [7, 11) is -2.84. The van der Waals surface area contributed by atoms with Gasteiger partial charge in [0.1, 0.15) is 6.54 Å². The number of rotatable bonds is 4. The van der Waals surface area contributed by atoms with E-state index in [9.17, 15) is 13.2 Å². The summed E-state index contributed by atoms with van der Waals surface area (Å²) in [6.07, 6.45) is 4.47. The van der Waals surface area contributed by atoms with E-state index in [0.717, 1.165) is 43.3 Å². The number of amides is 1. The van der Waals surface area contributed by atoms with Gasteiger partial charge in [-0.25, -0.2) is 8.42 Å². The minimum atomic E-state index is -2.84. The Hall–Kier alpha value is -1.86. The van der Waals surface area contributed by atoms with Gasteiger partial charge in [-0.05, 0) is 36.8 Å². The number of piperidine rings is 1. The van der Waals surface area contributed by atoms with Crippen LogP contribution in [-0.2, 0) is 21.2 Å². The van der Waals surface area contributed by atoms with Crippen LogP contribution < -0.4 is 5.32 Å². The van der Waals surface area contributed by atoms with Crippen molar-refractivity contribution in [3.8, 4) is 0 Å². The van der Waals surface area contributed by atoms with E-state index < -0.39 is 9.84 Å². The van der Waals surface area contributed by atoms with Gasteiger partial charge in [0.2, 0.25) is 5.91 Å². The van der Waals surface area contributed by atoms with Gasteiger partial charge in [0.25, 0.3) is 0 Å². The molecule has 6 nitrogen and oxygen atoms in total. The largest absolute Gasteiger partial charge is 0.352 e. The molecule has 1 N–H and O–H groups in total. The summed E-state index contributed by atoms with van der Waals surface area (Å²) < 4.78 is 25.3. The molecule has 1 amide bonds. The normalized spacial score (nSPS) is 24.1. The first kappa shape index (κ1) is 17.5. The molecule has 0 saturated carbocycles. The summed E-state index contributed by atoms with van der Waals surface area (Å²) >= 11 is 0. The number of carbonyl (C=O) groups excluding carboxylic acids is 1. The number of benzene rings is 1. The molecule has 0 bridgehead atoms. The summed E-state index contributed by atoms with van der Waals surface area (Å²) in [6, 6.07) is 10.4. The lowest BCUT2D eigenvalue weighted by Gasteiger charge is -2.35. The first-order valence-corrected chi connectivity index (χ1v) is 11.1. The quantitative estimate of drug-likeness (QED) is 0.877. The average Bonchev–Trinajstić information content (AvgIpc) is 3.19. The molecule has 2 aliphatic heterocycles. The summed E-state index contributed by atoms with van der Waals surface area (Å²) in [5.41, 5.74) is 1.07. The molecule has 140 valence electrons. The Balaban J connectivity index is 1.28. The van der Waals surface area contributed by atoms with Crippen molar-refractivity contribution in [3.63, 3.8) is 0 Å². The van der Waals surface area contributed by atoms with E-state index in [1.54, 1.807) is 0 Å². The van der Waals surface area contributed by atoms with Crippen LogP contribution in [0.5, 0.6) is 0 Å². The van der Waals surface area contributed by atoms with E-state index in [1.807, 2.05) is 41.1 Å². The fraction of sp³-hybridized carbons (Fsp3) is 0.526. The topological polar surface area (TPSA) is 71.4 Å². The van der Waals surface area contributed by atoms with Gasteiger partial charge in [-0.1, -0.05) is 18.2 Å². The molecular formula is C19H25N3O3S. The Morgan fingerprint density at radius 2 is 1.88 bits per heavy atom. The summed E-state index contributed by atoms with van der Waals surface area (Å²) in [6.45, 7) is 2.05. The second-order valence-corrected chi connectivity index (χ2v) is 9.67. The maximum Gasteiger partial charge on any atom is 0.240 e. The Kier molecular flexibility index (Phi) is 4.75. The molecular weight excluding hydrogens is 350 g/mol. The molecule has 4 rings (SSSR count). The number of aromatic nitrogens is 1. The van der Waals surface area contributed by atoms with Crippen LogP contribution in [0.3, 0.4) is 0 Å². The Morgan fingerprint density at radius 3 is 2.62 bits per heavy atom. The number of para-hydroxylation sites is 1. The van der Waals surface area contributed by atoms with Crippen molar-refractivity contribution in [3.05, 3.63) is 36.5 Å². The molecule has 7 heteroatoms. The Morgan fingerprint density at radius 1 is 1.12 bits per heavy atom. The van der Waals surface area contributed by atoms with E-state index in [2.05, 4.69) is 10.2 Å². The lowest BCUT2D eigenvalue weighted by Crippen LogP contribution is -2.48. The molecule has 1 aromatic carbocycles. The second-order valence-electron chi connectivity index (χ2n) is 7.44. The van der Waals surface area contributed by atoms with Crippen LogP contribution >= 0.6 is 0 Å². The van der Waals surface area contributed by atoms with Gasteiger partial charge in [0.15, 0.2) is 9.84 Å². The third-order valence-electron chi connectivity index (χ3n) is 5.61. The second kappa shape index (κ2) is 7.04. The smallest absolute Gasteiger partial charge is 0.240 e. The first-order valence-electron chi connectivity index (χ1n) is 9.28. The van der Waals surface area contributed by atoms with E-state index in [-0.39, 0.29) is 18.0 Å². The van der Waals surface area contributed by atoms with Crippen molar-refractivity contribution in [2.45, 2.75) is 37.9 Å². The highest BCUT2D eigenvalue weighted by Gasteiger charge is 2.34. The monoisotopic (exact) mass is 375 g/mol. The van der Waals surface area contributed by atoms with Gasteiger partial charge in [0, 0.05) is 36.9 Å². The van der Waals surface area contributed by atoms with Crippen LogP contribution in [-0.4, -0.2) is 60.5 Å². The number of hydrogen-bond acceptors (Lipinski definition) is 4. The minimum absolute atomic E-state index is 0.0354. The number of hydrogen-bond donors (Lipinski definition) is 1. The van der Waals surface area contributed by atoms with Gasteiger partial charge in [-0.2, -0.15) is 0 Å². The van der Waals surface area contributed by atoms with E-state index in [4.69, 9.17) is 0 Å². The molecule has 0 aliphatic carbocycles. The molecule has 2 saturated heterocycles. The predicted octanol–water partition coefficient (Wildman–Crippen LogP) is 1.41. The van der Waals surface area contributed by atoms with Gasteiger partial charge < -0.3 is 9.88 Å². The number of nitrogens with one attached hydrogen (secondary N) is 1. The van der Waals surface area contributed by atoms with Crippen molar-refractivity contribution in [1.82, 2.24) is 14.8 Å². The zero-order valence-electron chi connectivity index (χ0n) is 14.8. The molecule has 2 fully saturated rings. The molecule has 0 unspecified atom stereocenters. The number of carbonyl (C=O) groups is 1. The number of sulfone groups is 1. The molecule has 3 heterocycles. The average molecular weight is 375 g/mol. The van der Waals surface area contributed by atoms with Crippen molar-refractivity contribution in [1.29, 1.82) is 0 Å². The van der Waals surface area contributed by atoms with Gasteiger partial charge >= 0.3 is 0 Å². The molecule has 0 radical (unpaired) electrons. The predicted molar refractivity (Wildman–Crippen MR) is 102 cm³/mol. The van der Waals surface area contributed by atoms with Crippen LogP contribution in [0, 0.1) is 0 Å². The molecule has 2 aromatic rings. The molecule has 1 aromatic heterocycles. The van der Waals surface area contributed by atoms with Crippen LogP contribution in [0.4, 0.5) is 0 Å². The van der Waals surface area contributed by atoms with Gasteiger partial charge in [0.05, 0.1) is 11.5 Å². The van der Waals surface area contributed by atoms with E-state index in [0.29, 0.717) is 18.1 Å². The molecule has 0 spiro atoms. The van der Waals surface area contributed by atoms with Gasteiger partial charge in [-0.15, -0.1) is 0 Å². The summed E-state index contributed by atoms with van der Waals surface area (Å²) in [5, 5.41) is 4.28. The number of nitrogens with zero attached hydrogens (tertiary/aromatic N) is 2. The first-order chi connectivity index (χ1) is 12.5. The van der Waals surface area contributed by atoms with Gasteiger partial charge in [-0.3, -0.25) is 9.69 Å². The van der Waals surface area contributed by atoms with Crippen LogP contribution in [0.25, 0.3) is 10.9 Å².